The van der Waals surface area contributed by atoms with E-state index in [1.165, 1.54) is 0 Å². The van der Waals surface area contributed by atoms with Crippen LogP contribution in [0.3, 0.4) is 0 Å². The predicted molar refractivity (Wildman–Crippen MR) is 86.5 cm³/mol. The number of hydrogen-bond acceptors (Lipinski definition) is 11. The fourth-order valence-corrected chi connectivity index (χ4v) is 2.99. The summed E-state index contributed by atoms with van der Waals surface area (Å²) in [6.45, 7) is 0. The van der Waals surface area contributed by atoms with Crippen LogP contribution in [0.4, 0.5) is 4.39 Å². The molecule has 0 aromatic carbocycles. The van der Waals surface area contributed by atoms with E-state index in [1.54, 1.807) is 5.32 Å². The molecule has 10 N–H and O–H groups in total. The average molecular weight is 419 g/mol. The lowest BCUT2D eigenvalue weighted by Gasteiger charge is -2.48. The number of fused-ring (bicyclic) bond motifs is 1. The highest BCUT2D eigenvalue weighted by Gasteiger charge is 2.75. The Kier molecular flexibility index (Phi) is 5.19. The van der Waals surface area contributed by atoms with Crippen LogP contribution in [0.2, 0.25) is 0 Å². The minimum Gasteiger partial charge on any atom is -0.401 e. The summed E-state index contributed by atoms with van der Waals surface area (Å²) < 4.78 is 13.8. The molecular weight excluding hydrogens is 401 g/mol. The summed E-state index contributed by atoms with van der Waals surface area (Å²) in [5.41, 5.74) is -1.04. The number of aldehydes is 1. The van der Waals surface area contributed by atoms with Crippen LogP contribution in [0.25, 0.3) is 0 Å². The summed E-state index contributed by atoms with van der Waals surface area (Å²) in [6.07, 6.45) is -0.0334. The Labute approximate surface area is 161 Å². The maximum absolute atomic E-state index is 13.8. The van der Waals surface area contributed by atoms with Gasteiger partial charge in [-0.3, -0.25) is 14.4 Å². The molecule has 0 aromatic heterocycles. The molecule has 1 aliphatic heterocycles. The van der Waals surface area contributed by atoms with E-state index in [4.69, 9.17) is 5.73 Å². The normalized spacial score (nSPS) is 21.7. The minimum absolute atomic E-state index is 0.453. The Morgan fingerprint density at radius 2 is 1.86 bits per heavy atom. The van der Waals surface area contributed by atoms with Crippen LogP contribution >= 0.6 is 0 Å². The first kappa shape index (κ1) is 22.6. The largest absolute Gasteiger partial charge is 0.401 e. The molecule has 160 valence electrons. The van der Waals surface area contributed by atoms with E-state index in [1.807, 2.05) is 0 Å². The van der Waals surface area contributed by atoms with Crippen LogP contribution < -0.4 is 11.1 Å². The monoisotopic (exact) mass is 419 g/mol. The number of nitrogens with two attached hydrogens (primary N) is 1. The molecule has 13 nitrogen and oxygen atoms in total. The molecule has 1 heterocycles. The number of aliphatic hydroxyl groups is 7. The maximum Gasteiger partial charge on any atom is 0.287 e. The Morgan fingerprint density at radius 1 is 1.31 bits per heavy atom. The number of likely N-dealkylation sites (N-methyl/N-ethyl adjacent to an activating group) is 1. The summed E-state index contributed by atoms with van der Waals surface area (Å²) in [7, 11) is 0.783. The van der Waals surface area contributed by atoms with Crippen molar-refractivity contribution in [3.8, 4) is 0 Å². The van der Waals surface area contributed by atoms with Crippen molar-refractivity contribution in [2.24, 2.45) is 5.73 Å². The Balaban J connectivity index is 2.88. The van der Waals surface area contributed by atoms with Crippen LogP contribution in [0.1, 0.15) is 6.42 Å². The third-order valence-electron chi connectivity index (χ3n) is 4.50. The van der Waals surface area contributed by atoms with Gasteiger partial charge in [0.1, 0.15) is 5.83 Å². The first-order chi connectivity index (χ1) is 13.1. The van der Waals surface area contributed by atoms with Crippen molar-refractivity contribution in [3.63, 3.8) is 0 Å². The van der Waals surface area contributed by atoms with Crippen molar-refractivity contribution in [1.82, 2.24) is 10.2 Å². The van der Waals surface area contributed by atoms with Gasteiger partial charge in [-0.25, -0.2) is 9.29 Å². The van der Waals surface area contributed by atoms with Crippen molar-refractivity contribution in [2.45, 2.75) is 29.6 Å². The fourth-order valence-electron chi connectivity index (χ4n) is 2.99. The first-order valence-corrected chi connectivity index (χ1v) is 7.77. The molecule has 2 aliphatic rings. The zero-order chi connectivity index (χ0) is 22.6. The molecule has 1 fully saturated rings. The molecule has 1 atom stereocenters. The van der Waals surface area contributed by atoms with E-state index >= 15 is 0 Å². The molecule has 0 radical (unpaired) electrons. The van der Waals surface area contributed by atoms with E-state index in [0.29, 0.717) is 6.08 Å². The molecule has 1 aliphatic carbocycles. The highest BCUT2D eigenvalue weighted by Crippen LogP contribution is 2.46. The highest BCUT2D eigenvalue weighted by atomic mass is 19.1. The smallest absolute Gasteiger partial charge is 0.287 e. The molecule has 2 rings (SSSR count). The van der Waals surface area contributed by atoms with E-state index in [0.717, 1.165) is 13.1 Å². The second kappa shape index (κ2) is 6.67. The average Bonchev–Trinajstić information content (AvgIpc) is 2.73. The number of carbonyl (C=O) groups excluding carboxylic acids is 3. The van der Waals surface area contributed by atoms with Gasteiger partial charge in [-0.1, -0.05) is 0 Å². The lowest BCUT2D eigenvalue weighted by atomic mass is 9.91. The molecule has 29 heavy (non-hydrogen) atoms. The van der Waals surface area contributed by atoms with Gasteiger partial charge in [-0.15, -0.1) is 0 Å². The van der Waals surface area contributed by atoms with Crippen molar-refractivity contribution < 1.29 is 54.5 Å². The quantitative estimate of drug-likeness (QED) is 0.151. The third kappa shape index (κ3) is 2.85. The third-order valence-corrected chi connectivity index (χ3v) is 4.50. The van der Waals surface area contributed by atoms with Gasteiger partial charge >= 0.3 is 0 Å². The highest BCUT2D eigenvalue weighted by molar-refractivity contribution is 6.06. The zero-order valence-corrected chi connectivity index (χ0v) is 14.7. The Hall–Kier alpha value is -2.72. The second-order valence-electron chi connectivity index (χ2n) is 6.29. The number of hydrogen-bond donors (Lipinski definition) is 9. The molecule has 2 amide bonds. The molecule has 0 bridgehead atoms. The van der Waals surface area contributed by atoms with Crippen LogP contribution in [-0.2, 0) is 14.4 Å². The Bertz CT molecular complexity index is 876. The number of nitrogens with zero attached hydrogens (tertiary/aromatic N) is 1. The van der Waals surface area contributed by atoms with Crippen molar-refractivity contribution in [3.05, 3.63) is 34.8 Å². The number of nitrogens with one attached hydrogen (secondary N) is 1. The molecular formula is C15H18FN3O10. The zero-order valence-electron chi connectivity index (χ0n) is 14.7. The molecule has 1 unspecified atom stereocenters. The summed E-state index contributed by atoms with van der Waals surface area (Å²) in [5.74, 6) is -17.6. The van der Waals surface area contributed by atoms with E-state index in [9.17, 15) is 54.5 Å². The van der Waals surface area contributed by atoms with Crippen LogP contribution in [0.15, 0.2) is 34.8 Å². The summed E-state index contributed by atoms with van der Waals surface area (Å²) >= 11 is 0. The fraction of sp³-hybridized carbons (Fsp3) is 0.400. The van der Waals surface area contributed by atoms with Crippen LogP contribution in [0.5, 0.6) is 0 Å². The van der Waals surface area contributed by atoms with Gasteiger partial charge in [0.2, 0.25) is 0 Å². The molecule has 0 saturated carbocycles. The van der Waals surface area contributed by atoms with Crippen molar-refractivity contribution in [1.29, 1.82) is 0 Å². The first-order valence-electron chi connectivity index (χ1n) is 7.77. The maximum atomic E-state index is 13.8. The summed E-state index contributed by atoms with van der Waals surface area (Å²) in [5, 5.41) is 72.8. The van der Waals surface area contributed by atoms with E-state index < -0.39 is 75.3 Å². The number of likely N-dealkylation sites (tertiary alicyclic amines) is 1. The molecule has 0 aromatic rings. The second-order valence-corrected chi connectivity index (χ2v) is 6.29. The lowest BCUT2D eigenvalue weighted by Crippen LogP contribution is -2.81. The number of carbonyl (C=O) groups is 3. The van der Waals surface area contributed by atoms with Gasteiger partial charge in [-0.2, -0.15) is 0 Å². The topological polar surface area (TPSA) is 234 Å². The number of amides is 2. The van der Waals surface area contributed by atoms with Crippen molar-refractivity contribution in [2.75, 3.05) is 7.05 Å². The van der Waals surface area contributed by atoms with Gasteiger partial charge in [-0.05, 0) is 12.2 Å². The van der Waals surface area contributed by atoms with Crippen molar-refractivity contribution >= 4 is 18.1 Å². The lowest BCUT2D eigenvalue weighted by molar-refractivity contribution is -0.420. The van der Waals surface area contributed by atoms with Crippen LogP contribution in [0, 0.1) is 0 Å². The van der Waals surface area contributed by atoms with Gasteiger partial charge in [0.25, 0.3) is 35.0 Å². The van der Waals surface area contributed by atoms with Gasteiger partial charge in [0.05, 0.1) is 11.1 Å². The van der Waals surface area contributed by atoms with Gasteiger partial charge < -0.3 is 46.8 Å². The predicted octanol–water partition coefficient (Wildman–Crippen LogP) is -5.14. The molecule has 0 spiro atoms. The SMILES string of the molecule is CNC(=O)C(O)(N1C(=O)C2=CC(F)=CCC(N)=C2C1(O)O)C(O)(O)C(O)(O)C=O. The summed E-state index contributed by atoms with van der Waals surface area (Å²) in [4.78, 5) is 35.3. The summed E-state index contributed by atoms with van der Waals surface area (Å²) in [6, 6.07) is 0. The van der Waals surface area contributed by atoms with E-state index in [2.05, 4.69) is 0 Å². The number of halogens is 1. The standard InChI is InChI=1S/C15H18FN3O10/c1-18-11(22)13(25,15(28,29)12(23,24)5-20)19-10(21)7-4-6(16)2-3-8(17)9(7)14(19,26)27/h2,4-5,23-29H,3,17H2,1H3,(H,18,22). The number of rotatable bonds is 5. The number of allylic oxidation sites excluding steroid dienone is 3. The van der Waals surface area contributed by atoms with E-state index in [-0.39, 0.29) is 0 Å². The van der Waals surface area contributed by atoms with Gasteiger partial charge in [0, 0.05) is 19.2 Å². The van der Waals surface area contributed by atoms with Crippen LogP contribution in [-0.4, -0.2) is 89.0 Å². The minimum atomic E-state index is -4.64. The molecule has 14 heteroatoms. The van der Waals surface area contributed by atoms with Gasteiger partial charge in [0.15, 0.2) is 6.29 Å². The molecule has 1 saturated heterocycles. The Morgan fingerprint density at radius 3 is 2.34 bits per heavy atom.